The average Bonchev–Trinajstić information content (AvgIpc) is 3.02. The van der Waals surface area contributed by atoms with Crippen molar-refractivity contribution >= 4 is 27.4 Å². The molecular formula is C17H19N5O4S. The van der Waals surface area contributed by atoms with E-state index < -0.39 is 22.7 Å². The monoisotopic (exact) mass is 389 g/mol. The number of nitrogens with zero attached hydrogens (tertiary/aromatic N) is 4. The second-order valence-electron chi connectivity index (χ2n) is 6.15. The van der Waals surface area contributed by atoms with Crippen LogP contribution in [-0.2, 0) is 21.5 Å². The van der Waals surface area contributed by atoms with Crippen molar-refractivity contribution < 1.29 is 17.7 Å². The lowest BCUT2D eigenvalue weighted by Crippen LogP contribution is -2.38. The highest BCUT2D eigenvalue weighted by atomic mass is 32.2. The third kappa shape index (κ3) is 4.40. The smallest absolute Gasteiger partial charge is 0.344 e. The Morgan fingerprint density at radius 1 is 1.19 bits per heavy atom. The lowest BCUT2D eigenvalue weighted by atomic mass is 10.1. The number of carbonyl (C=O) groups is 1. The predicted octanol–water partition coefficient (Wildman–Crippen LogP) is 1.37. The van der Waals surface area contributed by atoms with Gasteiger partial charge in [-0.2, -0.15) is 13.4 Å². The standard InChI is InChI=1S/C17H19N5O4S/c1-11-4-6-14(7-5-11)8-18-16(23)10-22-9-15(12(2)21-27(22,24)25)17-19-13(3)20-26-17/h4-7,9H,8,10H2,1-3H3,(H,18,23). The summed E-state index contributed by atoms with van der Waals surface area (Å²) in [6.07, 6.45) is 1.29. The first-order valence-electron chi connectivity index (χ1n) is 8.18. The van der Waals surface area contributed by atoms with Crippen LogP contribution in [0.4, 0.5) is 0 Å². The van der Waals surface area contributed by atoms with E-state index in [1.165, 1.54) is 13.1 Å². The van der Waals surface area contributed by atoms with Crippen LogP contribution in [0.5, 0.6) is 0 Å². The molecule has 0 radical (unpaired) electrons. The van der Waals surface area contributed by atoms with Gasteiger partial charge in [0.05, 0.1) is 11.3 Å². The molecule has 0 fully saturated rings. The number of aryl methyl sites for hydroxylation is 2. The summed E-state index contributed by atoms with van der Waals surface area (Å²) in [5, 5.41) is 6.39. The number of allylic oxidation sites excluding steroid dienone is 1. The molecule has 10 heteroatoms. The Kier molecular flexibility index (Phi) is 5.08. The maximum Gasteiger partial charge on any atom is 0.344 e. The number of benzene rings is 1. The second kappa shape index (κ2) is 7.31. The van der Waals surface area contributed by atoms with Crippen molar-refractivity contribution in [2.75, 3.05) is 6.54 Å². The van der Waals surface area contributed by atoms with Gasteiger partial charge < -0.3 is 9.84 Å². The lowest BCUT2D eigenvalue weighted by molar-refractivity contribution is -0.121. The van der Waals surface area contributed by atoms with E-state index in [4.69, 9.17) is 4.52 Å². The molecule has 1 aliphatic rings. The molecule has 0 saturated carbocycles. The van der Waals surface area contributed by atoms with Crippen molar-refractivity contribution in [3.05, 3.63) is 53.3 Å². The third-order valence-corrected chi connectivity index (χ3v) is 5.21. The van der Waals surface area contributed by atoms with Gasteiger partial charge in [-0.3, -0.25) is 4.79 Å². The van der Waals surface area contributed by atoms with E-state index >= 15 is 0 Å². The van der Waals surface area contributed by atoms with Crippen LogP contribution in [0.1, 0.15) is 29.8 Å². The summed E-state index contributed by atoms with van der Waals surface area (Å²) in [6.45, 7) is 5.05. The molecule has 1 N–H and O–H groups in total. The Hall–Kier alpha value is -3.01. The first-order chi connectivity index (χ1) is 12.7. The molecule has 0 aliphatic carbocycles. The number of rotatable bonds is 5. The first-order valence-corrected chi connectivity index (χ1v) is 9.58. The quantitative estimate of drug-likeness (QED) is 0.825. The molecule has 9 nitrogen and oxygen atoms in total. The number of amides is 1. The predicted molar refractivity (Wildman–Crippen MR) is 98.8 cm³/mol. The summed E-state index contributed by atoms with van der Waals surface area (Å²) in [5.41, 5.74) is 2.61. The summed E-state index contributed by atoms with van der Waals surface area (Å²) in [7, 11) is -4.00. The molecule has 0 bridgehead atoms. The van der Waals surface area contributed by atoms with Crippen LogP contribution >= 0.6 is 0 Å². The minimum Gasteiger partial charge on any atom is -0.350 e. The minimum atomic E-state index is -4.00. The van der Waals surface area contributed by atoms with Crippen LogP contribution in [0.15, 0.2) is 39.4 Å². The van der Waals surface area contributed by atoms with Gasteiger partial charge in [0.2, 0.25) is 5.91 Å². The molecule has 2 heterocycles. The van der Waals surface area contributed by atoms with Gasteiger partial charge in [0.25, 0.3) is 5.89 Å². The fourth-order valence-electron chi connectivity index (χ4n) is 2.43. The van der Waals surface area contributed by atoms with Crippen LogP contribution in [0.3, 0.4) is 0 Å². The molecule has 0 unspecified atom stereocenters. The van der Waals surface area contributed by atoms with Gasteiger partial charge in [-0.15, -0.1) is 4.40 Å². The van der Waals surface area contributed by atoms with Crippen molar-refractivity contribution in [2.45, 2.75) is 27.3 Å². The molecular weight excluding hydrogens is 370 g/mol. The van der Waals surface area contributed by atoms with Crippen LogP contribution in [-0.4, -0.2) is 41.0 Å². The van der Waals surface area contributed by atoms with E-state index in [2.05, 4.69) is 19.9 Å². The second-order valence-corrected chi connectivity index (χ2v) is 7.70. The van der Waals surface area contributed by atoms with Gasteiger partial charge in [-0.05, 0) is 26.3 Å². The van der Waals surface area contributed by atoms with E-state index in [9.17, 15) is 13.2 Å². The van der Waals surface area contributed by atoms with Crippen molar-refractivity contribution in [3.8, 4) is 0 Å². The van der Waals surface area contributed by atoms with E-state index in [0.29, 0.717) is 17.9 Å². The van der Waals surface area contributed by atoms with Crippen molar-refractivity contribution in [2.24, 2.45) is 4.40 Å². The van der Waals surface area contributed by atoms with Gasteiger partial charge in [-0.25, -0.2) is 4.31 Å². The van der Waals surface area contributed by atoms with E-state index in [1.54, 1.807) is 6.92 Å². The van der Waals surface area contributed by atoms with Gasteiger partial charge in [0.1, 0.15) is 6.54 Å². The summed E-state index contributed by atoms with van der Waals surface area (Å²) < 4.78 is 34.2. The Morgan fingerprint density at radius 3 is 2.52 bits per heavy atom. The molecule has 0 spiro atoms. The maximum absolute atomic E-state index is 12.3. The summed E-state index contributed by atoms with van der Waals surface area (Å²) in [6, 6.07) is 7.68. The van der Waals surface area contributed by atoms with Crippen LogP contribution in [0.2, 0.25) is 0 Å². The Bertz CT molecular complexity index is 1020. The molecule has 3 rings (SSSR count). The van der Waals surface area contributed by atoms with E-state index in [-0.39, 0.29) is 11.6 Å². The highest BCUT2D eigenvalue weighted by molar-refractivity contribution is 7.88. The van der Waals surface area contributed by atoms with Crippen molar-refractivity contribution in [3.63, 3.8) is 0 Å². The Morgan fingerprint density at radius 2 is 1.89 bits per heavy atom. The zero-order valence-electron chi connectivity index (χ0n) is 15.1. The highest BCUT2D eigenvalue weighted by Gasteiger charge is 2.29. The number of hydrogen-bond donors (Lipinski definition) is 1. The molecule has 0 atom stereocenters. The first kappa shape index (κ1) is 18.8. The lowest BCUT2D eigenvalue weighted by Gasteiger charge is -2.22. The van der Waals surface area contributed by atoms with Gasteiger partial charge >= 0.3 is 10.2 Å². The van der Waals surface area contributed by atoms with E-state index in [0.717, 1.165) is 15.4 Å². The van der Waals surface area contributed by atoms with Crippen molar-refractivity contribution in [1.29, 1.82) is 0 Å². The maximum atomic E-state index is 12.3. The van der Waals surface area contributed by atoms with Gasteiger partial charge in [0.15, 0.2) is 5.82 Å². The molecule has 27 heavy (non-hydrogen) atoms. The molecule has 142 valence electrons. The molecule has 1 aromatic heterocycles. The summed E-state index contributed by atoms with van der Waals surface area (Å²) >= 11 is 0. The highest BCUT2D eigenvalue weighted by Crippen LogP contribution is 2.23. The molecule has 0 saturated heterocycles. The van der Waals surface area contributed by atoms with Crippen molar-refractivity contribution in [1.82, 2.24) is 19.8 Å². The van der Waals surface area contributed by atoms with Crippen LogP contribution in [0, 0.1) is 13.8 Å². The van der Waals surface area contributed by atoms with Crippen LogP contribution in [0.25, 0.3) is 5.57 Å². The van der Waals surface area contributed by atoms with E-state index in [1.807, 2.05) is 31.2 Å². The number of hydrogen-bond acceptors (Lipinski definition) is 6. The molecule has 2 aromatic rings. The summed E-state index contributed by atoms with van der Waals surface area (Å²) in [5.74, 6) is 0.106. The average molecular weight is 389 g/mol. The van der Waals surface area contributed by atoms with Crippen LogP contribution < -0.4 is 5.32 Å². The Balaban J connectivity index is 1.72. The molecule has 1 amide bonds. The normalized spacial score (nSPS) is 15.9. The number of carbonyl (C=O) groups excluding carboxylic acids is 1. The fourth-order valence-corrected chi connectivity index (χ4v) is 3.49. The number of nitrogens with one attached hydrogen (secondary N) is 1. The largest absolute Gasteiger partial charge is 0.350 e. The summed E-state index contributed by atoms with van der Waals surface area (Å²) in [4.78, 5) is 16.3. The molecule has 1 aromatic carbocycles. The fraction of sp³-hybridized carbons (Fsp3) is 0.294. The minimum absolute atomic E-state index is 0.147. The SMILES string of the molecule is CC1=NS(=O)(=O)N(CC(=O)NCc2ccc(C)cc2)C=C1c1nc(C)no1. The zero-order chi connectivity index (χ0) is 19.6. The third-order valence-electron chi connectivity index (χ3n) is 3.88. The topological polar surface area (TPSA) is 118 Å². The van der Waals surface area contributed by atoms with Gasteiger partial charge in [0, 0.05) is 12.7 Å². The zero-order valence-corrected chi connectivity index (χ0v) is 15.9. The van der Waals surface area contributed by atoms with Gasteiger partial charge in [-0.1, -0.05) is 35.0 Å². The Labute approximate surface area is 157 Å². The number of aromatic nitrogens is 2. The molecule has 1 aliphatic heterocycles.